The van der Waals surface area contributed by atoms with Gasteiger partial charge in [0, 0.05) is 34.7 Å². The topological polar surface area (TPSA) is 42.1 Å². The second-order valence-electron chi connectivity index (χ2n) is 8.68. The van der Waals surface area contributed by atoms with Crippen LogP contribution in [0.15, 0.2) is 76.1 Å². The molecule has 5 nitrogen and oxygen atoms in total. The van der Waals surface area contributed by atoms with E-state index >= 15 is 0 Å². The van der Waals surface area contributed by atoms with Gasteiger partial charge in [0.1, 0.15) is 0 Å². The van der Waals surface area contributed by atoms with E-state index in [0.29, 0.717) is 10.0 Å². The molecule has 0 N–H and O–H groups in total. The van der Waals surface area contributed by atoms with Crippen molar-refractivity contribution in [3.05, 3.63) is 97.6 Å². The van der Waals surface area contributed by atoms with Gasteiger partial charge in [0.05, 0.1) is 35.8 Å². The number of anilines is 1. The smallest absolute Gasteiger partial charge is 0.211 e. The van der Waals surface area contributed by atoms with Crippen LogP contribution >= 0.6 is 34.5 Å². The van der Waals surface area contributed by atoms with E-state index in [1.807, 2.05) is 28.4 Å². The number of hydrogen-bond acceptors (Lipinski definition) is 5. The number of aryl methyl sites for hydroxylation is 2. The molecule has 1 saturated heterocycles. The molecule has 1 fully saturated rings. The van der Waals surface area contributed by atoms with Gasteiger partial charge in [-0.3, -0.25) is 0 Å². The lowest BCUT2D eigenvalue weighted by Crippen LogP contribution is -2.36. The highest BCUT2D eigenvalue weighted by molar-refractivity contribution is 7.07. The van der Waals surface area contributed by atoms with E-state index in [-0.39, 0.29) is 0 Å². The summed E-state index contributed by atoms with van der Waals surface area (Å²) in [5, 5.41) is 8.03. The monoisotopic (exact) mass is 536 g/mol. The molecule has 2 heterocycles. The number of morpholine rings is 1. The largest absolute Gasteiger partial charge is 0.378 e. The van der Waals surface area contributed by atoms with E-state index in [1.165, 1.54) is 17.0 Å². The molecule has 0 unspecified atom stereocenters. The fourth-order valence-corrected chi connectivity index (χ4v) is 5.38. The summed E-state index contributed by atoms with van der Waals surface area (Å²) in [4.78, 5) is 8.05. The van der Waals surface area contributed by atoms with Gasteiger partial charge in [-0.1, -0.05) is 47.5 Å². The number of ether oxygens (including phenoxy) is 1. The van der Waals surface area contributed by atoms with E-state index in [9.17, 15) is 0 Å². The van der Waals surface area contributed by atoms with Crippen LogP contribution in [0.1, 0.15) is 16.7 Å². The van der Waals surface area contributed by atoms with Crippen LogP contribution in [0.3, 0.4) is 0 Å². The minimum absolute atomic E-state index is 0.567. The lowest BCUT2D eigenvalue weighted by molar-refractivity contribution is 0.122. The lowest BCUT2D eigenvalue weighted by Gasteiger charge is -2.28. The minimum atomic E-state index is 0.567. The predicted octanol–water partition coefficient (Wildman–Crippen LogP) is 7.09. The number of hydrogen-bond donors (Lipinski definition) is 0. The van der Waals surface area contributed by atoms with Gasteiger partial charge in [-0.2, -0.15) is 5.10 Å². The molecule has 1 aromatic heterocycles. The number of benzene rings is 3. The highest BCUT2D eigenvalue weighted by Crippen LogP contribution is 2.31. The van der Waals surface area contributed by atoms with E-state index in [0.717, 1.165) is 64.7 Å². The van der Waals surface area contributed by atoms with E-state index in [1.54, 1.807) is 6.07 Å². The number of rotatable bonds is 5. The first-order valence-corrected chi connectivity index (χ1v) is 13.4. The van der Waals surface area contributed by atoms with Crippen molar-refractivity contribution in [1.29, 1.82) is 0 Å². The first-order chi connectivity index (χ1) is 17.5. The van der Waals surface area contributed by atoms with Gasteiger partial charge in [-0.25, -0.2) is 9.67 Å². The Labute approximate surface area is 224 Å². The van der Waals surface area contributed by atoms with Crippen molar-refractivity contribution in [2.24, 2.45) is 10.1 Å². The fraction of sp³-hybridized carbons (Fsp3) is 0.214. The average Bonchev–Trinajstić information content (AvgIpc) is 3.27. The van der Waals surface area contributed by atoms with Crippen molar-refractivity contribution in [3.63, 3.8) is 0 Å². The zero-order chi connectivity index (χ0) is 25.1. The molecular weight excluding hydrogens is 511 g/mol. The molecule has 184 valence electrons. The Balaban J connectivity index is 1.55. The van der Waals surface area contributed by atoms with Crippen LogP contribution in [-0.2, 0) is 4.74 Å². The summed E-state index contributed by atoms with van der Waals surface area (Å²) in [5.74, 6) is 0. The highest BCUT2D eigenvalue weighted by Gasteiger charge is 2.13. The third kappa shape index (κ3) is 5.57. The predicted molar refractivity (Wildman–Crippen MR) is 151 cm³/mol. The number of halogens is 2. The molecule has 8 heteroatoms. The van der Waals surface area contributed by atoms with Gasteiger partial charge < -0.3 is 9.64 Å². The molecule has 36 heavy (non-hydrogen) atoms. The Kier molecular flexibility index (Phi) is 7.58. The van der Waals surface area contributed by atoms with Crippen molar-refractivity contribution >= 4 is 52.1 Å². The molecule has 0 amide bonds. The summed E-state index contributed by atoms with van der Waals surface area (Å²) >= 11 is 14.2. The number of thiazole rings is 1. The summed E-state index contributed by atoms with van der Waals surface area (Å²) < 4.78 is 7.31. The Morgan fingerprint density at radius 1 is 0.944 bits per heavy atom. The second-order valence-corrected chi connectivity index (χ2v) is 10.4. The van der Waals surface area contributed by atoms with Crippen LogP contribution in [0.4, 0.5) is 11.4 Å². The van der Waals surface area contributed by atoms with Crippen LogP contribution in [0.2, 0.25) is 10.0 Å². The lowest BCUT2D eigenvalue weighted by atomic mass is 10.1. The van der Waals surface area contributed by atoms with Crippen molar-refractivity contribution < 1.29 is 4.74 Å². The summed E-state index contributed by atoms with van der Waals surface area (Å²) in [6.45, 7) is 7.48. The summed E-state index contributed by atoms with van der Waals surface area (Å²) in [6, 6.07) is 20.2. The number of nitrogens with zero attached hydrogens (tertiary/aromatic N) is 4. The summed E-state index contributed by atoms with van der Waals surface area (Å²) in [7, 11) is 0. The third-order valence-corrected chi connectivity index (χ3v) is 7.43. The van der Waals surface area contributed by atoms with Gasteiger partial charge >= 0.3 is 0 Å². The fourth-order valence-electron chi connectivity index (χ4n) is 4.03. The zero-order valence-corrected chi connectivity index (χ0v) is 22.4. The van der Waals surface area contributed by atoms with Crippen molar-refractivity contribution in [2.75, 3.05) is 31.2 Å². The molecule has 4 aromatic rings. The maximum absolute atomic E-state index is 6.57. The van der Waals surface area contributed by atoms with E-state index in [2.05, 4.69) is 61.2 Å². The first-order valence-electron chi connectivity index (χ1n) is 11.7. The van der Waals surface area contributed by atoms with Gasteiger partial charge in [0.25, 0.3) is 0 Å². The standard InChI is InChI=1S/C28H26Cl2N4OS/c1-19-3-4-20(2)26(15-19)32-28-34(27(18-36-28)24-10-7-22(29)16-25(24)30)31-17-21-5-8-23(9-6-21)33-11-13-35-14-12-33/h3-10,15-18H,11-14H2,1-2H3. The molecule has 0 saturated carbocycles. The molecule has 0 radical (unpaired) electrons. The minimum Gasteiger partial charge on any atom is -0.378 e. The molecular formula is C28H26Cl2N4OS. The normalized spacial score (nSPS) is 14.7. The van der Waals surface area contributed by atoms with Crippen LogP contribution in [0.5, 0.6) is 0 Å². The van der Waals surface area contributed by atoms with Crippen LogP contribution in [-0.4, -0.2) is 37.2 Å². The molecule has 0 atom stereocenters. The van der Waals surface area contributed by atoms with Crippen molar-refractivity contribution in [3.8, 4) is 11.3 Å². The number of aromatic nitrogens is 1. The second kappa shape index (κ2) is 11.0. The summed E-state index contributed by atoms with van der Waals surface area (Å²) in [5.41, 5.74) is 7.08. The third-order valence-electron chi connectivity index (χ3n) is 6.06. The van der Waals surface area contributed by atoms with Gasteiger partial charge in [0.2, 0.25) is 4.80 Å². The summed E-state index contributed by atoms with van der Waals surface area (Å²) in [6.07, 6.45) is 1.85. The zero-order valence-electron chi connectivity index (χ0n) is 20.1. The van der Waals surface area contributed by atoms with Crippen LogP contribution in [0, 0.1) is 13.8 Å². The Hall–Kier alpha value is -2.90. The SMILES string of the molecule is Cc1ccc(C)c(N=c2scc(-c3ccc(Cl)cc3Cl)n2N=Cc2ccc(N3CCOCC3)cc2)c1. The van der Waals surface area contributed by atoms with Crippen molar-refractivity contribution in [1.82, 2.24) is 4.68 Å². The van der Waals surface area contributed by atoms with Gasteiger partial charge in [-0.05, 0) is 66.9 Å². The molecule has 0 spiro atoms. The van der Waals surface area contributed by atoms with Gasteiger partial charge in [-0.15, -0.1) is 11.3 Å². The maximum atomic E-state index is 6.57. The Morgan fingerprint density at radius 3 is 2.47 bits per heavy atom. The van der Waals surface area contributed by atoms with Crippen LogP contribution in [0.25, 0.3) is 11.3 Å². The molecule has 0 bridgehead atoms. The molecule has 1 aliphatic heterocycles. The molecule has 5 rings (SSSR count). The van der Waals surface area contributed by atoms with Gasteiger partial charge in [0.15, 0.2) is 0 Å². The molecule has 0 aliphatic carbocycles. The van der Waals surface area contributed by atoms with E-state index < -0.39 is 0 Å². The van der Waals surface area contributed by atoms with E-state index in [4.69, 9.17) is 38.0 Å². The quantitative estimate of drug-likeness (QED) is 0.255. The molecule has 3 aromatic carbocycles. The van der Waals surface area contributed by atoms with Crippen LogP contribution < -0.4 is 9.70 Å². The van der Waals surface area contributed by atoms with Crippen molar-refractivity contribution in [2.45, 2.75) is 13.8 Å². The molecule has 1 aliphatic rings. The Bertz CT molecular complexity index is 1470. The average molecular weight is 538 g/mol. The first kappa shape index (κ1) is 24.8. The Morgan fingerprint density at radius 2 is 1.72 bits per heavy atom. The maximum Gasteiger partial charge on any atom is 0.211 e. The highest BCUT2D eigenvalue weighted by atomic mass is 35.5.